The number of nitrogens with zero attached hydrogens (tertiary/aromatic N) is 3. The highest BCUT2D eigenvalue weighted by Gasteiger charge is 2.35. The number of thiazole rings is 1. The summed E-state index contributed by atoms with van der Waals surface area (Å²) in [7, 11) is 0. The van der Waals surface area contributed by atoms with Gasteiger partial charge in [-0.3, -0.25) is 19.7 Å². The van der Waals surface area contributed by atoms with E-state index >= 15 is 0 Å². The number of nitro groups is 1. The number of amides is 2. The second kappa shape index (κ2) is 8.65. The fourth-order valence-electron chi connectivity index (χ4n) is 3.76. The van der Waals surface area contributed by atoms with E-state index in [-0.39, 0.29) is 17.5 Å². The van der Waals surface area contributed by atoms with Gasteiger partial charge in [-0.2, -0.15) is 0 Å². The second-order valence-corrected chi connectivity index (χ2v) is 8.22. The number of carbonyl (C=O) groups is 2. The fraction of sp³-hybridized carbons (Fsp3) is 0.227. The Morgan fingerprint density at radius 1 is 1.26 bits per heavy atom. The molecule has 2 amide bonds. The molecular weight excluding hydrogens is 416 g/mol. The Morgan fingerprint density at radius 2 is 2.10 bits per heavy atom. The molecule has 9 heteroatoms. The summed E-state index contributed by atoms with van der Waals surface area (Å²) >= 11 is 1.52. The van der Waals surface area contributed by atoms with Gasteiger partial charge in [0.1, 0.15) is 11.0 Å². The first-order valence-electron chi connectivity index (χ1n) is 9.81. The van der Waals surface area contributed by atoms with Gasteiger partial charge >= 0.3 is 0 Å². The summed E-state index contributed by atoms with van der Waals surface area (Å²) in [6, 6.07) is 11.1. The third-order valence-electron chi connectivity index (χ3n) is 5.27. The lowest BCUT2D eigenvalue weighted by Gasteiger charge is -2.24. The number of aryl methyl sites for hydroxylation is 1. The maximum atomic E-state index is 13.0. The Labute approximate surface area is 182 Å². The van der Waals surface area contributed by atoms with Crippen LogP contribution in [0.5, 0.6) is 0 Å². The molecule has 0 aliphatic carbocycles. The van der Waals surface area contributed by atoms with Crippen LogP contribution >= 0.6 is 11.3 Å². The number of hydrogen-bond donors (Lipinski definition) is 1. The van der Waals surface area contributed by atoms with Gasteiger partial charge < -0.3 is 10.2 Å². The monoisotopic (exact) mass is 436 g/mol. The molecule has 1 unspecified atom stereocenters. The number of nitrogens with one attached hydrogen (secondary N) is 1. The molecule has 1 aliphatic heterocycles. The molecule has 31 heavy (non-hydrogen) atoms. The molecule has 158 valence electrons. The standard InChI is InChI=1S/C22H20N4O4S/c1-14-12-16(7-8-18(14)26(29)30)22(28)25-10-3-6-19(25)20(27)24-17-5-2-4-15(13-17)21-23-9-11-31-21/h2,4-5,7-9,11-13,19H,3,6,10H2,1H3,(H,24,27). The largest absolute Gasteiger partial charge is 0.327 e. The Kier molecular flexibility index (Phi) is 5.77. The fourth-order valence-corrected chi connectivity index (χ4v) is 4.40. The molecular formula is C22H20N4O4S. The molecule has 0 bridgehead atoms. The Morgan fingerprint density at radius 3 is 2.81 bits per heavy atom. The number of rotatable bonds is 5. The Bertz CT molecular complexity index is 1150. The quantitative estimate of drug-likeness (QED) is 0.475. The predicted molar refractivity (Wildman–Crippen MR) is 118 cm³/mol. The van der Waals surface area contributed by atoms with Gasteiger partial charge in [0.2, 0.25) is 5.91 Å². The number of carbonyl (C=O) groups excluding carboxylic acids is 2. The van der Waals surface area contributed by atoms with Crippen molar-refractivity contribution in [3.8, 4) is 10.6 Å². The van der Waals surface area contributed by atoms with Crippen molar-refractivity contribution in [3.63, 3.8) is 0 Å². The van der Waals surface area contributed by atoms with Gasteiger partial charge in [-0.1, -0.05) is 12.1 Å². The van der Waals surface area contributed by atoms with Crippen LogP contribution in [0.2, 0.25) is 0 Å². The molecule has 1 aliphatic rings. The zero-order valence-corrected chi connectivity index (χ0v) is 17.6. The van der Waals surface area contributed by atoms with Crippen LogP contribution in [0.4, 0.5) is 11.4 Å². The van der Waals surface area contributed by atoms with Crippen LogP contribution in [0.1, 0.15) is 28.8 Å². The average Bonchev–Trinajstić information content (AvgIpc) is 3.45. The van der Waals surface area contributed by atoms with E-state index in [1.807, 2.05) is 23.6 Å². The van der Waals surface area contributed by atoms with Crippen LogP contribution in [0, 0.1) is 17.0 Å². The van der Waals surface area contributed by atoms with E-state index in [4.69, 9.17) is 0 Å². The molecule has 0 radical (unpaired) electrons. The molecule has 8 nitrogen and oxygen atoms in total. The molecule has 0 saturated carbocycles. The maximum Gasteiger partial charge on any atom is 0.272 e. The van der Waals surface area contributed by atoms with Gasteiger partial charge in [0.25, 0.3) is 11.6 Å². The third-order valence-corrected chi connectivity index (χ3v) is 6.09. The molecule has 3 aromatic rings. The molecule has 1 saturated heterocycles. The van der Waals surface area contributed by atoms with E-state index in [1.165, 1.54) is 29.5 Å². The normalized spacial score (nSPS) is 15.6. The van der Waals surface area contributed by atoms with Crippen LogP contribution in [0.15, 0.2) is 54.0 Å². The van der Waals surface area contributed by atoms with E-state index in [9.17, 15) is 19.7 Å². The zero-order chi connectivity index (χ0) is 22.0. The molecule has 1 fully saturated rings. The highest BCUT2D eigenvalue weighted by Crippen LogP contribution is 2.27. The summed E-state index contributed by atoms with van der Waals surface area (Å²) in [6.07, 6.45) is 3.01. The summed E-state index contributed by atoms with van der Waals surface area (Å²) < 4.78 is 0. The van der Waals surface area contributed by atoms with Crippen molar-refractivity contribution in [1.29, 1.82) is 0 Å². The minimum Gasteiger partial charge on any atom is -0.327 e. The molecule has 2 heterocycles. The maximum absolute atomic E-state index is 13.0. The van der Waals surface area contributed by atoms with Crippen LogP contribution in [-0.4, -0.2) is 39.2 Å². The van der Waals surface area contributed by atoms with Crippen LogP contribution in [-0.2, 0) is 4.79 Å². The average molecular weight is 436 g/mol. The SMILES string of the molecule is Cc1cc(C(=O)N2CCCC2C(=O)Nc2cccc(-c3nccs3)c2)ccc1[N+](=O)[O-]. The minimum absolute atomic E-state index is 0.0348. The van der Waals surface area contributed by atoms with Crippen LogP contribution in [0.25, 0.3) is 10.6 Å². The first-order valence-corrected chi connectivity index (χ1v) is 10.7. The van der Waals surface area contributed by atoms with E-state index in [0.717, 1.165) is 17.0 Å². The van der Waals surface area contributed by atoms with Crippen molar-refractivity contribution in [3.05, 3.63) is 75.3 Å². The smallest absolute Gasteiger partial charge is 0.272 e. The number of aromatic nitrogens is 1. The van der Waals surface area contributed by atoms with Gasteiger partial charge in [-0.05, 0) is 44.0 Å². The summed E-state index contributed by atoms with van der Waals surface area (Å²) in [4.78, 5) is 42.4. The van der Waals surface area contributed by atoms with Crippen molar-refractivity contribution >= 4 is 34.5 Å². The van der Waals surface area contributed by atoms with E-state index in [0.29, 0.717) is 29.8 Å². The topological polar surface area (TPSA) is 105 Å². The summed E-state index contributed by atoms with van der Waals surface area (Å²) in [5.41, 5.74) is 2.27. The Balaban J connectivity index is 1.50. The lowest BCUT2D eigenvalue weighted by Crippen LogP contribution is -2.43. The molecule has 2 aromatic carbocycles. The van der Waals surface area contributed by atoms with E-state index in [2.05, 4.69) is 10.3 Å². The summed E-state index contributed by atoms with van der Waals surface area (Å²) in [6.45, 7) is 2.06. The zero-order valence-electron chi connectivity index (χ0n) is 16.8. The van der Waals surface area contributed by atoms with E-state index in [1.54, 1.807) is 24.1 Å². The van der Waals surface area contributed by atoms with Crippen molar-refractivity contribution in [2.75, 3.05) is 11.9 Å². The van der Waals surface area contributed by atoms with Crippen LogP contribution in [0.3, 0.4) is 0 Å². The third kappa shape index (κ3) is 4.31. The van der Waals surface area contributed by atoms with Crippen molar-refractivity contribution in [2.24, 2.45) is 0 Å². The highest BCUT2D eigenvalue weighted by atomic mass is 32.1. The number of benzene rings is 2. The first kappa shape index (κ1) is 20.7. The Hall–Kier alpha value is -3.59. The molecule has 1 N–H and O–H groups in total. The highest BCUT2D eigenvalue weighted by molar-refractivity contribution is 7.13. The minimum atomic E-state index is -0.591. The lowest BCUT2D eigenvalue weighted by atomic mass is 10.1. The van der Waals surface area contributed by atoms with Crippen molar-refractivity contribution in [1.82, 2.24) is 9.88 Å². The van der Waals surface area contributed by atoms with Crippen molar-refractivity contribution < 1.29 is 14.5 Å². The number of anilines is 1. The van der Waals surface area contributed by atoms with Gasteiger partial charge in [0.05, 0.1) is 4.92 Å². The summed E-state index contributed by atoms with van der Waals surface area (Å²) in [5.74, 6) is -0.548. The van der Waals surface area contributed by atoms with Gasteiger partial charge in [0, 0.05) is 46.6 Å². The van der Waals surface area contributed by atoms with Crippen LogP contribution < -0.4 is 5.32 Å². The number of likely N-dealkylation sites (tertiary alicyclic amines) is 1. The van der Waals surface area contributed by atoms with Gasteiger partial charge in [-0.25, -0.2) is 4.98 Å². The summed E-state index contributed by atoms with van der Waals surface area (Å²) in [5, 5.41) is 16.7. The molecule has 4 rings (SSSR count). The van der Waals surface area contributed by atoms with Gasteiger partial charge in [0.15, 0.2) is 0 Å². The molecule has 0 spiro atoms. The molecule has 1 atom stereocenters. The molecule has 1 aromatic heterocycles. The van der Waals surface area contributed by atoms with E-state index < -0.39 is 11.0 Å². The second-order valence-electron chi connectivity index (χ2n) is 7.32. The lowest BCUT2D eigenvalue weighted by molar-refractivity contribution is -0.385. The number of nitro benzene ring substituents is 1. The first-order chi connectivity index (χ1) is 14.9. The van der Waals surface area contributed by atoms with Crippen molar-refractivity contribution in [2.45, 2.75) is 25.8 Å². The number of hydrogen-bond acceptors (Lipinski definition) is 6. The predicted octanol–water partition coefficient (Wildman–Crippen LogP) is 4.27. The van der Waals surface area contributed by atoms with Gasteiger partial charge in [-0.15, -0.1) is 11.3 Å².